The van der Waals surface area contributed by atoms with Gasteiger partial charge in [0, 0.05) is 17.7 Å². The lowest BCUT2D eigenvalue weighted by Crippen LogP contribution is -1.93. The van der Waals surface area contributed by atoms with Crippen LogP contribution in [-0.2, 0) is 0 Å². The van der Waals surface area contributed by atoms with Crippen LogP contribution in [0.4, 0.5) is 5.69 Å². The van der Waals surface area contributed by atoms with Crippen molar-refractivity contribution >= 4 is 17.5 Å². The third-order valence-corrected chi connectivity index (χ3v) is 2.84. The van der Waals surface area contributed by atoms with Crippen molar-refractivity contribution < 1.29 is 9.72 Å². The molecule has 2 rings (SSSR count). The van der Waals surface area contributed by atoms with E-state index in [4.69, 9.17) is 0 Å². The van der Waals surface area contributed by atoms with Gasteiger partial charge in [-0.1, -0.05) is 48.0 Å². The standard InChI is InChI=1S/C16H13NO3/c1-12-5-8-14(9-6-12)16(18)10-7-13-3-2-4-15(11-13)17(19)20/h2-11H,1H3/b10-7+. The minimum absolute atomic E-state index is 0.00920. The Hall–Kier alpha value is -2.75. The molecule has 2 aromatic carbocycles. The molecule has 0 aromatic heterocycles. The summed E-state index contributed by atoms with van der Waals surface area (Å²) in [6.45, 7) is 1.95. The Morgan fingerprint density at radius 2 is 1.85 bits per heavy atom. The Labute approximate surface area is 116 Å². The topological polar surface area (TPSA) is 60.2 Å². The van der Waals surface area contributed by atoms with Crippen LogP contribution in [0.25, 0.3) is 6.08 Å². The highest BCUT2D eigenvalue weighted by Gasteiger charge is 2.05. The van der Waals surface area contributed by atoms with Crippen LogP contribution in [0.3, 0.4) is 0 Å². The third-order valence-electron chi connectivity index (χ3n) is 2.84. The van der Waals surface area contributed by atoms with E-state index in [1.54, 1.807) is 30.3 Å². The molecule has 0 amide bonds. The zero-order valence-corrected chi connectivity index (χ0v) is 10.9. The highest BCUT2D eigenvalue weighted by molar-refractivity contribution is 6.06. The van der Waals surface area contributed by atoms with Crippen molar-refractivity contribution in [3.63, 3.8) is 0 Å². The molecule has 0 unspecified atom stereocenters. The minimum Gasteiger partial charge on any atom is -0.289 e. The van der Waals surface area contributed by atoms with Crippen LogP contribution in [0.15, 0.2) is 54.6 Å². The minimum atomic E-state index is -0.459. The fraction of sp³-hybridized carbons (Fsp3) is 0.0625. The number of nitro benzene ring substituents is 1. The number of nitrogens with zero attached hydrogens (tertiary/aromatic N) is 1. The van der Waals surface area contributed by atoms with Crippen molar-refractivity contribution in [2.75, 3.05) is 0 Å². The maximum absolute atomic E-state index is 11.9. The molecule has 0 saturated carbocycles. The van der Waals surface area contributed by atoms with Crippen LogP contribution in [0, 0.1) is 17.0 Å². The highest BCUT2D eigenvalue weighted by atomic mass is 16.6. The average molecular weight is 267 g/mol. The number of rotatable bonds is 4. The first-order valence-corrected chi connectivity index (χ1v) is 6.10. The van der Waals surface area contributed by atoms with Gasteiger partial charge in [0.2, 0.25) is 0 Å². The van der Waals surface area contributed by atoms with Crippen molar-refractivity contribution in [1.82, 2.24) is 0 Å². The van der Waals surface area contributed by atoms with E-state index in [0.29, 0.717) is 11.1 Å². The molecule has 0 spiro atoms. The van der Waals surface area contributed by atoms with Gasteiger partial charge in [0.1, 0.15) is 0 Å². The number of ketones is 1. The molecular weight excluding hydrogens is 254 g/mol. The highest BCUT2D eigenvalue weighted by Crippen LogP contribution is 2.14. The summed E-state index contributed by atoms with van der Waals surface area (Å²) in [6, 6.07) is 13.4. The van der Waals surface area contributed by atoms with E-state index in [2.05, 4.69) is 0 Å². The molecule has 0 radical (unpaired) electrons. The molecule has 2 aromatic rings. The lowest BCUT2D eigenvalue weighted by atomic mass is 10.1. The number of non-ortho nitro benzene ring substituents is 1. The van der Waals surface area contributed by atoms with Gasteiger partial charge in [-0.25, -0.2) is 0 Å². The normalized spacial score (nSPS) is 10.7. The van der Waals surface area contributed by atoms with E-state index in [1.807, 2.05) is 19.1 Å². The van der Waals surface area contributed by atoms with Crippen molar-refractivity contribution in [2.24, 2.45) is 0 Å². The summed E-state index contributed by atoms with van der Waals surface area (Å²) in [5, 5.41) is 10.7. The van der Waals surface area contributed by atoms with Crippen LogP contribution in [-0.4, -0.2) is 10.7 Å². The fourth-order valence-corrected chi connectivity index (χ4v) is 1.73. The number of benzene rings is 2. The molecule has 0 atom stereocenters. The smallest absolute Gasteiger partial charge is 0.270 e. The summed E-state index contributed by atoms with van der Waals surface area (Å²) in [5.74, 6) is -0.128. The molecular formula is C16H13NO3. The molecule has 0 saturated heterocycles. The number of allylic oxidation sites excluding steroid dienone is 1. The molecule has 0 bridgehead atoms. The largest absolute Gasteiger partial charge is 0.289 e. The van der Waals surface area contributed by atoms with Crippen molar-refractivity contribution in [2.45, 2.75) is 6.92 Å². The second-order valence-electron chi connectivity index (χ2n) is 4.42. The van der Waals surface area contributed by atoms with Gasteiger partial charge in [-0.2, -0.15) is 0 Å². The number of aryl methyl sites for hydroxylation is 1. The first-order chi connectivity index (χ1) is 9.56. The van der Waals surface area contributed by atoms with Gasteiger partial charge in [0.25, 0.3) is 5.69 Å². The lowest BCUT2D eigenvalue weighted by molar-refractivity contribution is -0.384. The van der Waals surface area contributed by atoms with Crippen LogP contribution in [0.2, 0.25) is 0 Å². The zero-order valence-electron chi connectivity index (χ0n) is 10.9. The summed E-state index contributed by atoms with van der Waals surface area (Å²) in [7, 11) is 0. The van der Waals surface area contributed by atoms with Crippen molar-refractivity contribution in [1.29, 1.82) is 0 Å². The molecule has 0 heterocycles. The van der Waals surface area contributed by atoms with Gasteiger partial charge >= 0.3 is 0 Å². The SMILES string of the molecule is Cc1ccc(C(=O)/C=C/c2cccc([N+](=O)[O-])c2)cc1. The Bertz CT molecular complexity index is 672. The summed E-state index contributed by atoms with van der Waals surface area (Å²) >= 11 is 0. The Balaban J connectivity index is 2.16. The van der Waals surface area contributed by atoms with Gasteiger partial charge in [-0.15, -0.1) is 0 Å². The van der Waals surface area contributed by atoms with Gasteiger partial charge in [0.15, 0.2) is 5.78 Å². The number of hydrogen-bond acceptors (Lipinski definition) is 3. The predicted molar refractivity (Wildman–Crippen MR) is 77.6 cm³/mol. The molecule has 20 heavy (non-hydrogen) atoms. The van der Waals surface area contributed by atoms with Crippen LogP contribution in [0.5, 0.6) is 0 Å². The zero-order chi connectivity index (χ0) is 14.5. The van der Waals surface area contributed by atoms with Gasteiger partial charge in [-0.3, -0.25) is 14.9 Å². The van der Waals surface area contributed by atoms with E-state index >= 15 is 0 Å². The predicted octanol–water partition coefficient (Wildman–Crippen LogP) is 3.80. The van der Waals surface area contributed by atoms with E-state index in [9.17, 15) is 14.9 Å². The molecule has 0 fully saturated rings. The second-order valence-corrected chi connectivity index (χ2v) is 4.42. The van der Waals surface area contributed by atoms with Crippen molar-refractivity contribution in [3.05, 3.63) is 81.4 Å². The van der Waals surface area contributed by atoms with E-state index < -0.39 is 4.92 Å². The van der Waals surface area contributed by atoms with E-state index in [0.717, 1.165) is 5.56 Å². The Kier molecular flexibility index (Phi) is 4.05. The number of carbonyl (C=O) groups excluding carboxylic acids is 1. The first kappa shape index (κ1) is 13.7. The summed E-state index contributed by atoms with van der Waals surface area (Å²) in [5.41, 5.74) is 2.32. The molecule has 0 aliphatic rings. The maximum atomic E-state index is 11.9. The van der Waals surface area contributed by atoms with Crippen molar-refractivity contribution in [3.8, 4) is 0 Å². The van der Waals surface area contributed by atoms with Crippen LogP contribution in [0.1, 0.15) is 21.5 Å². The molecule has 4 nitrogen and oxygen atoms in total. The Morgan fingerprint density at radius 1 is 1.15 bits per heavy atom. The number of carbonyl (C=O) groups is 1. The molecule has 4 heteroatoms. The van der Waals surface area contributed by atoms with Gasteiger partial charge in [0.05, 0.1) is 4.92 Å². The molecule has 0 aliphatic carbocycles. The summed E-state index contributed by atoms with van der Waals surface area (Å²) in [6.07, 6.45) is 3.00. The van der Waals surface area contributed by atoms with E-state index in [-0.39, 0.29) is 11.5 Å². The second kappa shape index (κ2) is 5.93. The lowest BCUT2D eigenvalue weighted by Gasteiger charge is -1.97. The number of nitro groups is 1. The number of hydrogen-bond donors (Lipinski definition) is 0. The quantitative estimate of drug-likeness (QED) is 0.366. The van der Waals surface area contributed by atoms with Crippen LogP contribution < -0.4 is 0 Å². The van der Waals surface area contributed by atoms with Gasteiger partial charge < -0.3 is 0 Å². The third kappa shape index (κ3) is 3.38. The fourth-order valence-electron chi connectivity index (χ4n) is 1.73. The summed E-state index contributed by atoms with van der Waals surface area (Å²) in [4.78, 5) is 22.1. The van der Waals surface area contributed by atoms with E-state index in [1.165, 1.54) is 18.2 Å². The molecule has 100 valence electrons. The maximum Gasteiger partial charge on any atom is 0.270 e. The molecule has 0 N–H and O–H groups in total. The van der Waals surface area contributed by atoms with Crippen LogP contribution >= 0.6 is 0 Å². The monoisotopic (exact) mass is 267 g/mol. The first-order valence-electron chi connectivity index (χ1n) is 6.10. The van der Waals surface area contributed by atoms with Gasteiger partial charge in [-0.05, 0) is 18.6 Å². The molecule has 0 aliphatic heterocycles. The average Bonchev–Trinajstić information content (AvgIpc) is 2.46. The Morgan fingerprint density at radius 3 is 2.50 bits per heavy atom. The summed E-state index contributed by atoms with van der Waals surface area (Å²) < 4.78 is 0.